The van der Waals surface area contributed by atoms with Crippen LogP contribution in [0.3, 0.4) is 0 Å². The maximum absolute atomic E-state index is 10.3. The van der Waals surface area contributed by atoms with Crippen LogP contribution >= 0.6 is 0 Å². The third kappa shape index (κ3) is 3.15. The Kier molecular flexibility index (Phi) is 4.58. The van der Waals surface area contributed by atoms with Crippen molar-refractivity contribution >= 4 is 0 Å². The first kappa shape index (κ1) is 13.9. The zero-order chi connectivity index (χ0) is 13.8. The summed E-state index contributed by atoms with van der Waals surface area (Å²) in [5, 5.41) is 13.6. The zero-order valence-corrected chi connectivity index (χ0v) is 12.3. The van der Waals surface area contributed by atoms with Gasteiger partial charge in [0.1, 0.15) is 5.75 Å². The normalized spacial score (nSPS) is 20.4. The number of nitrogens with one attached hydrogen (secondary N) is 1. The third-order valence-corrected chi connectivity index (χ3v) is 4.76. The van der Waals surface area contributed by atoms with E-state index < -0.39 is 0 Å². The molecule has 0 saturated carbocycles. The predicted molar refractivity (Wildman–Crippen MR) is 82.4 cm³/mol. The van der Waals surface area contributed by atoms with E-state index in [0.29, 0.717) is 5.75 Å². The summed E-state index contributed by atoms with van der Waals surface area (Å²) in [7, 11) is 0. The second-order valence-electron chi connectivity index (χ2n) is 6.10. The van der Waals surface area contributed by atoms with Crippen molar-refractivity contribution in [3.63, 3.8) is 0 Å². The van der Waals surface area contributed by atoms with Crippen LogP contribution in [0.2, 0.25) is 0 Å². The third-order valence-electron chi connectivity index (χ3n) is 4.76. The summed E-state index contributed by atoms with van der Waals surface area (Å²) in [6.45, 7) is 5.54. The molecule has 0 spiro atoms. The van der Waals surface area contributed by atoms with Crippen molar-refractivity contribution in [3.05, 3.63) is 28.8 Å². The molecule has 2 aliphatic rings. The van der Waals surface area contributed by atoms with Gasteiger partial charge in [-0.3, -0.25) is 0 Å². The molecule has 1 saturated heterocycles. The van der Waals surface area contributed by atoms with Crippen LogP contribution in [0.1, 0.15) is 36.0 Å². The topological polar surface area (TPSA) is 35.5 Å². The van der Waals surface area contributed by atoms with Crippen molar-refractivity contribution in [1.29, 1.82) is 0 Å². The van der Waals surface area contributed by atoms with Gasteiger partial charge >= 0.3 is 0 Å². The molecular weight excluding hydrogens is 248 g/mol. The number of benzene rings is 1. The average molecular weight is 274 g/mol. The van der Waals surface area contributed by atoms with Gasteiger partial charge in [-0.05, 0) is 54.9 Å². The molecule has 0 aromatic heterocycles. The Bertz CT molecular complexity index is 453. The monoisotopic (exact) mass is 274 g/mol. The molecule has 0 unspecified atom stereocenters. The van der Waals surface area contributed by atoms with Gasteiger partial charge in [0.15, 0.2) is 0 Å². The molecule has 0 atom stereocenters. The molecule has 0 radical (unpaired) electrons. The fourth-order valence-corrected chi connectivity index (χ4v) is 3.55. The van der Waals surface area contributed by atoms with Gasteiger partial charge in [0.25, 0.3) is 0 Å². The first-order valence-corrected chi connectivity index (χ1v) is 8.10. The number of hydrogen-bond acceptors (Lipinski definition) is 3. The Balaban J connectivity index is 1.74. The summed E-state index contributed by atoms with van der Waals surface area (Å²) < 4.78 is 0. The Labute approximate surface area is 122 Å². The second-order valence-corrected chi connectivity index (χ2v) is 6.10. The number of piperazine rings is 1. The summed E-state index contributed by atoms with van der Waals surface area (Å²) >= 11 is 0. The van der Waals surface area contributed by atoms with Crippen molar-refractivity contribution in [1.82, 2.24) is 10.2 Å². The molecule has 110 valence electrons. The van der Waals surface area contributed by atoms with Crippen LogP contribution in [0.4, 0.5) is 0 Å². The lowest BCUT2D eigenvalue weighted by molar-refractivity contribution is 0.243. The number of aromatic hydroxyl groups is 1. The van der Waals surface area contributed by atoms with Gasteiger partial charge in [0.05, 0.1) is 0 Å². The van der Waals surface area contributed by atoms with E-state index in [1.807, 2.05) is 6.07 Å². The van der Waals surface area contributed by atoms with Gasteiger partial charge in [-0.2, -0.15) is 0 Å². The van der Waals surface area contributed by atoms with E-state index in [2.05, 4.69) is 16.3 Å². The molecule has 1 fully saturated rings. The SMILES string of the molecule is Oc1ccc2c(c1CCN1CCNCC1)CCCCC2. The molecule has 20 heavy (non-hydrogen) atoms. The first-order chi connectivity index (χ1) is 9.84. The quantitative estimate of drug-likeness (QED) is 0.829. The fourth-order valence-electron chi connectivity index (χ4n) is 3.55. The molecular formula is C17H26N2O. The highest BCUT2D eigenvalue weighted by Crippen LogP contribution is 2.30. The van der Waals surface area contributed by atoms with Crippen LogP contribution in [-0.4, -0.2) is 42.7 Å². The summed E-state index contributed by atoms with van der Waals surface area (Å²) in [5.74, 6) is 0.515. The van der Waals surface area contributed by atoms with E-state index in [0.717, 1.165) is 45.6 Å². The van der Waals surface area contributed by atoms with Gasteiger partial charge in [-0.25, -0.2) is 0 Å². The van der Waals surface area contributed by atoms with Crippen molar-refractivity contribution in [2.24, 2.45) is 0 Å². The van der Waals surface area contributed by atoms with Crippen LogP contribution < -0.4 is 5.32 Å². The fraction of sp³-hybridized carbons (Fsp3) is 0.647. The Hall–Kier alpha value is -1.06. The van der Waals surface area contributed by atoms with Gasteiger partial charge in [0.2, 0.25) is 0 Å². The molecule has 1 aromatic rings. The predicted octanol–water partition coefficient (Wildman–Crippen LogP) is 2.11. The van der Waals surface area contributed by atoms with Crippen LogP contribution in [0, 0.1) is 0 Å². The van der Waals surface area contributed by atoms with Gasteiger partial charge < -0.3 is 15.3 Å². The molecule has 3 nitrogen and oxygen atoms in total. The summed E-state index contributed by atoms with van der Waals surface area (Å²) in [4.78, 5) is 2.51. The van der Waals surface area contributed by atoms with E-state index in [1.54, 1.807) is 0 Å². The second kappa shape index (κ2) is 6.59. The van der Waals surface area contributed by atoms with Crippen LogP contribution in [0.15, 0.2) is 12.1 Å². The summed E-state index contributed by atoms with van der Waals surface area (Å²) in [6.07, 6.45) is 7.24. The average Bonchev–Trinajstić information content (AvgIpc) is 2.73. The number of nitrogens with zero attached hydrogens (tertiary/aromatic N) is 1. The minimum Gasteiger partial charge on any atom is -0.508 e. The molecule has 2 N–H and O–H groups in total. The van der Waals surface area contributed by atoms with Gasteiger partial charge in [-0.1, -0.05) is 12.5 Å². The van der Waals surface area contributed by atoms with E-state index in [1.165, 1.54) is 42.4 Å². The van der Waals surface area contributed by atoms with E-state index >= 15 is 0 Å². The van der Waals surface area contributed by atoms with Gasteiger partial charge in [-0.15, -0.1) is 0 Å². The van der Waals surface area contributed by atoms with E-state index in [4.69, 9.17) is 0 Å². The van der Waals surface area contributed by atoms with Crippen LogP contribution in [-0.2, 0) is 19.3 Å². The number of rotatable bonds is 3. The lowest BCUT2D eigenvalue weighted by atomic mass is 9.94. The summed E-state index contributed by atoms with van der Waals surface area (Å²) in [5.41, 5.74) is 4.16. The lowest BCUT2D eigenvalue weighted by Gasteiger charge is -2.27. The number of phenols is 1. The number of hydrogen-bond donors (Lipinski definition) is 2. The first-order valence-electron chi connectivity index (χ1n) is 8.10. The molecule has 3 heteroatoms. The Morgan fingerprint density at radius 2 is 1.85 bits per heavy atom. The number of fused-ring (bicyclic) bond motifs is 1. The highest BCUT2D eigenvalue weighted by Gasteiger charge is 2.17. The Morgan fingerprint density at radius 3 is 2.70 bits per heavy atom. The molecule has 1 aliphatic heterocycles. The minimum atomic E-state index is 0.515. The van der Waals surface area contributed by atoms with Crippen LogP contribution in [0.25, 0.3) is 0 Å². The van der Waals surface area contributed by atoms with Crippen molar-refractivity contribution in [2.75, 3.05) is 32.7 Å². The Morgan fingerprint density at radius 1 is 1.05 bits per heavy atom. The summed E-state index contributed by atoms with van der Waals surface area (Å²) in [6, 6.07) is 4.06. The van der Waals surface area contributed by atoms with Gasteiger partial charge in [0, 0.05) is 32.7 Å². The molecule has 1 aliphatic carbocycles. The lowest BCUT2D eigenvalue weighted by Crippen LogP contribution is -2.44. The van der Waals surface area contributed by atoms with Crippen molar-refractivity contribution in [3.8, 4) is 5.75 Å². The zero-order valence-electron chi connectivity index (χ0n) is 12.3. The maximum Gasteiger partial charge on any atom is 0.119 e. The number of phenolic OH excluding ortho intramolecular Hbond substituents is 1. The van der Waals surface area contributed by atoms with E-state index in [-0.39, 0.29) is 0 Å². The highest BCUT2D eigenvalue weighted by molar-refractivity contribution is 5.45. The highest BCUT2D eigenvalue weighted by atomic mass is 16.3. The number of aryl methyl sites for hydroxylation is 1. The van der Waals surface area contributed by atoms with Crippen molar-refractivity contribution in [2.45, 2.75) is 38.5 Å². The van der Waals surface area contributed by atoms with E-state index in [9.17, 15) is 5.11 Å². The van der Waals surface area contributed by atoms with Crippen LogP contribution in [0.5, 0.6) is 5.75 Å². The van der Waals surface area contributed by atoms with Crippen molar-refractivity contribution < 1.29 is 5.11 Å². The maximum atomic E-state index is 10.3. The molecule has 3 rings (SSSR count). The standard InChI is InChI=1S/C17H26N2O/c20-17-7-6-14-4-2-1-3-5-15(14)16(17)8-11-19-12-9-18-10-13-19/h6-7,18,20H,1-5,8-13H2. The largest absolute Gasteiger partial charge is 0.508 e. The molecule has 1 aromatic carbocycles. The smallest absolute Gasteiger partial charge is 0.119 e. The molecule has 0 bridgehead atoms. The minimum absolute atomic E-state index is 0.515. The molecule has 0 amide bonds. The molecule has 1 heterocycles.